The molecule has 0 spiro atoms. The van der Waals surface area contributed by atoms with Crippen LogP contribution in [0.25, 0.3) is 0 Å². The molecule has 29 heavy (non-hydrogen) atoms. The third kappa shape index (κ3) is 4.98. The maximum atomic E-state index is 12.8. The molecule has 156 valence electrons. The summed E-state index contributed by atoms with van der Waals surface area (Å²) in [6.45, 7) is 4.33. The second-order valence-corrected chi connectivity index (χ2v) is 9.72. The second kappa shape index (κ2) is 8.97. The molecule has 0 saturated carbocycles. The number of amides is 1. The van der Waals surface area contributed by atoms with Gasteiger partial charge in [0.1, 0.15) is 0 Å². The van der Waals surface area contributed by atoms with Gasteiger partial charge in [-0.2, -0.15) is 4.31 Å². The molecule has 11 heteroatoms. The van der Waals surface area contributed by atoms with Crippen LogP contribution in [0.2, 0.25) is 0 Å². The molecule has 0 radical (unpaired) electrons. The molecule has 2 aromatic rings. The third-order valence-corrected chi connectivity index (χ3v) is 7.62. The maximum Gasteiger partial charge on any atom is 0.309 e. The van der Waals surface area contributed by atoms with Crippen LogP contribution in [0, 0.1) is 12.8 Å². The molecular weight excluding hydrogens is 416 g/mol. The van der Waals surface area contributed by atoms with E-state index >= 15 is 0 Å². The zero-order valence-corrected chi connectivity index (χ0v) is 17.8. The van der Waals surface area contributed by atoms with Gasteiger partial charge in [-0.25, -0.2) is 8.42 Å². The van der Waals surface area contributed by atoms with Gasteiger partial charge in [0.2, 0.25) is 9.47 Å². The van der Waals surface area contributed by atoms with Gasteiger partial charge in [-0.05, 0) is 38.8 Å². The summed E-state index contributed by atoms with van der Waals surface area (Å²) in [7, 11) is -3.83. The van der Waals surface area contributed by atoms with Crippen LogP contribution in [0.15, 0.2) is 28.6 Å². The Bertz CT molecular complexity index is 997. The highest BCUT2D eigenvalue weighted by atomic mass is 32.2. The predicted molar refractivity (Wildman–Crippen MR) is 107 cm³/mol. The number of hydrogen-bond donors (Lipinski definition) is 1. The van der Waals surface area contributed by atoms with Gasteiger partial charge >= 0.3 is 5.97 Å². The smallest absolute Gasteiger partial charge is 0.309 e. The summed E-state index contributed by atoms with van der Waals surface area (Å²) >= 11 is 0.800. The number of anilines is 1. The summed E-state index contributed by atoms with van der Waals surface area (Å²) in [4.78, 5) is 24.1. The fourth-order valence-electron chi connectivity index (χ4n) is 3.02. The van der Waals surface area contributed by atoms with Crippen LogP contribution in [0.1, 0.15) is 35.7 Å². The molecule has 1 saturated heterocycles. The van der Waals surface area contributed by atoms with Gasteiger partial charge in [0.25, 0.3) is 15.9 Å². The Morgan fingerprint density at radius 2 is 2.00 bits per heavy atom. The van der Waals surface area contributed by atoms with Crippen molar-refractivity contribution in [3.8, 4) is 0 Å². The van der Waals surface area contributed by atoms with E-state index in [0.717, 1.165) is 16.9 Å². The maximum absolute atomic E-state index is 12.8. The Hall–Kier alpha value is -2.37. The van der Waals surface area contributed by atoms with Crippen LogP contribution >= 0.6 is 11.3 Å². The van der Waals surface area contributed by atoms with E-state index in [1.165, 1.54) is 4.31 Å². The highest BCUT2D eigenvalue weighted by Crippen LogP contribution is 2.28. The first-order valence-electron chi connectivity index (χ1n) is 9.19. The number of carbonyl (C=O) groups is 2. The van der Waals surface area contributed by atoms with Crippen LogP contribution in [0.5, 0.6) is 0 Å². The predicted octanol–water partition coefficient (Wildman–Crippen LogP) is 2.06. The molecule has 0 atom stereocenters. The standard InChI is InChI=1S/C18H22N4O5S2/c1-3-27-16(24)13-7-9-22(10-8-13)29(25,26)18-21-20-17(28-18)19-15(23)14-6-4-5-12(2)11-14/h4-6,11,13H,3,7-10H2,1-2H3,(H,19,20,23). The summed E-state index contributed by atoms with van der Waals surface area (Å²) < 4.78 is 31.7. The van der Waals surface area contributed by atoms with Gasteiger partial charge in [-0.1, -0.05) is 29.0 Å². The number of nitrogens with zero attached hydrogens (tertiary/aromatic N) is 3. The first kappa shape index (κ1) is 21.3. The van der Waals surface area contributed by atoms with Crippen molar-refractivity contribution in [2.24, 2.45) is 5.92 Å². The average Bonchev–Trinajstić information content (AvgIpc) is 3.17. The lowest BCUT2D eigenvalue weighted by atomic mass is 9.98. The molecule has 1 amide bonds. The number of carbonyl (C=O) groups excluding carboxylic acids is 2. The van der Waals surface area contributed by atoms with E-state index in [1.54, 1.807) is 25.1 Å². The summed E-state index contributed by atoms with van der Waals surface area (Å²) in [6.07, 6.45) is 0.793. The zero-order valence-electron chi connectivity index (χ0n) is 16.1. The van der Waals surface area contributed by atoms with Crippen LogP contribution in [-0.4, -0.2) is 54.5 Å². The molecule has 1 aromatic heterocycles. The number of esters is 1. The number of piperidine rings is 1. The molecule has 0 unspecified atom stereocenters. The van der Waals surface area contributed by atoms with Gasteiger partial charge in [-0.3, -0.25) is 14.9 Å². The second-order valence-electron chi connectivity index (χ2n) is 6.63. The van der Waals surface area contributed by atoms with Crippen LogP contribution in [-0.2, 0) is 19.6 Å². The van der Waals surface area contributed by atoms with E-state index in [4.69, 9.17) is 4.74 Å². The Morgan fingerprint density at radius 3 is 2.66 bits per heavy atom. The van der Waals surface area contributed by atoms with Crippen molar-refractivity contribution < 1.29 is 22.7 Å². The summed E-state index contributed by atoms with van der Waals surface area (Å²) in [5, 5.41) is 10.2. The fourth-order valence-corrected chi connectivity index (χ4v) is 5.53. The quantitative estimate of drug-likeness (QED) is 0.542. The number of sulfonamides is 1. The molecular formula is C18H22N4O5S2. The Balaban J connectivity index is 1.65. The number of nitrogens with one attached hydrogen (secondary N) is 1. The molecule has 1 fully saturated rings. The van der Waals surface area contributed by atoms with E-state index < -0.39 is 10.0 Å². The number of hydrogen-bond acceptors (Lipinski definition) is 8. The molecule has 0 aliphatic carbocycles. The van der Waals surface area contributed by atoms with Crippen molar-refractivity contribution in [3.63, 3.8) is 0 Å². The van der Waals surface area contributed by atoms with E-state index in [2.05, 4.69) is 15.5 Å². The lowest BCUT2D eigenvalue weighted by molar-refractivity contribution is -0.149. The molecule has 1 aliphatic heterocycles. The van der Waals surface area contributed by atoms with Gasteiger partial charge in [0.15, 0.2) is 0 Å². The fraction of sp³-hybridized carbons (Fsp3) is 0.444. The Morgan fingerprint density at radius 1 is 1.28 bits per heavy atom. The summed E-state index contributed by atoms with van der Waals surface area (Å²) in [5.41, 5.74) is 1.38. The van der Waals surface area contributed by atoms with E-state index in [-0.39, 0.29) is 40.4 Å². The van der Waals surface area contributed by atoms with Crippen molar-refractivity contribution in [2.45, 2.75) is 31.0 Å². The zero-order chi connectivity index (χ0) is 21.0. The SMILES string of the molecule is CCOC(=O)C1CCN(S(=O)(=O)c2nnc(NC(=O)c3cccc(C)c3)s2)CC1. The van der Waals surface area contributed by atoms with E-state index in [1.807, 2.05) is 13.0 Å². The van der Waals surface area contributed by atoms with Gasteiger partial charge in [-0.15, -0.1) is 10.2 Å². The van der Waals surface area contributed by atoms with Crippen molar-refractivity contribution in [1.82, 2.24) is 14.5 Å². The number of benzene rings is 1. The van der Waals surface area contributed by atoms with Gasteiger partial charge in [0.05, 0.1) is 12.5 Å². The minimum Gasteiger partial charge on any atom is -0.466 e. The minimum atomic E-state index is -3.83. The van der Waals surface area contributed by atoms with Gasteiger partial charge in [0, 0.05) is 18.7 Å². The topological polar surface area (TPSA) is 119 Å². The molecule has 0 bridgehead atoms. The first-order chi connectivity index (χ1) is 13.8. The minimum absolute atomic E-state index is 0.108. The molecule has 1 aromatic carbocycles. The molecule has 1 N–H and O–H groups in total. The van der Waals surface area contributed by atoms with E-state index in [0.29, 0.717) is 25.0 Å². The van der Waals surface area contributed by atoms with Crippen LogP contribution in [0.4, 0.5) is 5.13 Å². The Kier molecular flexibility index (Phi) is 6.60. The van der Waals surface area contributed by atoms with Crippen molar-refractivity contribution in [2.75, 3.05) is 25.0 Å². The monoisotopic (exact) mass is 438 g/mol. The summed E-state index contributed by atoms with van der Waals surface area (Å²) in [5.74, 6) is -0.967. The lowest BCUT2D eigenvalue weighted by Gasteiger charge is -2.29. The molecule has 3 rings (SSSR count). The van der Waals surface area contributed by atoms with Crippen LogP contribution < -0.4 is 5.32 Å². The Labute approximate surface area is 173 Å². The number of rotatable bonds is 6. The number of aromatic nitrogens is 2. The third-order valence-electron chi connectivity index (χ3n) is 4.54. The normalized spacial score (nSPS) is 15.8. The largest absolute Gasteiger partial charge is 0.466 e. The highest BCUT2D eigenvalue weighted by molar-refractivity contribution is 7.91. The average molecular weight is 439 g/mol. The number of ether oxygens (including phenoxy) is 1. The van der Waals surface area contributed by atoms with E-state index in [9.17, 15) is 18.0 Å². The van der Waals surface area contributed by atoms with Crippen molar-refractivity contribution in [1.29, 1.82) is 0 Å². The lowest BCUT2D eigenvalue weighted by Crippen LogP contribution is -2.40. The van der Waals surface area contributed by atoms with Crippen molar-refractivity contribution in [3.05, 3.63) is 35.4 Å². The molecule has 9 nitrogen and oxygen atoms in total. The van der Waals surface area contributed by atoms with Gasteiger partial charge < -0.3 is 4.74 Å². The van der Waals surface area contributed by atoms with Crippen molar-refractivity contribution >= 4 is 38.4 Å². The highest BCUT2D eigenvalue weighted by Gasteiger charge is 2.34. The summed E-state index contributed by atoms with van der Waals surface area (Å²) in [6, 6.07) is 7.02. The molecule has 1 aliphatic rings. The van der Waals surface area contributed by atoms with Crippen LogP contribution in [0.3, 0.4) is 0 Å². The molecule has 2 heterocycles. The first-order valence-corrected chi connectivity index (χ1v) is 11.4. The number of aryl methyl sites for hydroxylation is 1.